The fourth-order valence-electron chi connectivity index (χ4n) is 4.20. The van der Waals surface area contributed by atoms with Crippen LogP contribution in [0.1, 0.15) is 16.7 Å². The Labute approximate surface area is 198 Å². The van der Waals surface area contributed by atoms with Gasteiger partial charge >= 0.3 is 18.2 Å². The zero-order valence-corrected chi connectivity index (χ0v) is 18.6. The maximum Gasteiger partial charge on any atom is 0.416 e. The molecule has 2 aliphatic heterocycles. The third-order valence-electron chi connectivity index (χ3n) is 6.14. The van der Waals surface area contributed by atoms with Crippen molar-refractivity contribution in [2.75, 3.05) is 29.4 Å². The predicted molar refractivity (Wildman–Crippen MR) is 119 cm³/mol. The second-order valence-corrected chi connectivity index (χ2v) is 8.26. The summed E-state index contributed by atoms with van der Waals surface area (Å²) in [4.78, 5) is 53.5. The van der Waals surface area contributed by atoms with Crippen LogP contribution < -0.4 is 20.9 Å². The van der Waals surface area contributed by atoms with E-state index in [4.69, 9.17) is 5.73 Å². The molecule has 6 amide bonds. The number of urea groups is 2. The number of primary amides is 1. The van der Waals surface area contributed by atoms with Gasteiger partial charge in [0.1, 0.15) is 5.92 Å². The van der Waals surface area contributed by atoms with Crippen molar-refractivity contribution in [2.45, 2.75) is 19.6 Å². The van der Waals surface area contributed by atoms with Gasteiger partial charge in [-0.05, 0) is 48.4 Å². The lowest BCUT2D eigenvalue weighted by molar-refractivity contribution is -0.139. The SMILES string of the molecule is Cc1c(CN2C(=O)C(C(N)=O)CN(c3ccc(N4CCNC4=O)cc3)C2=O)cccc1C(F)(F)F. The molecule has 3 N–H and O–H groups in total. The van der Waals surface area contributed by atoms with Gasteiger partial charge in [0.2, 0.25) is 11.8 Å². The Kier molecular flexibility index (Phi) is 6.14. The number of anilines is 2. The normalized spacial score (nSPS) is 18.8. The van der Waals surface area contributed by atoms with Gasteiger partial charge in [-0.3, -0.25) is 24.3 Å². The molecule has 0 aromatic heterocycles. The minimum absolute atomic E-state index is 0.113. The van der Waals surface area contributed by atoms with E-state index in [9.17, 15) is 32.3 Å². The Bertz CT molecular complexity index is 1200. The smallest absolute Gasteiger partial charge is 0.369 e. The Balaban J connectivity index is 1.65. The number of carbonyl (C=O) groups excluding carboxylic acids is 4. The Morgan fingerprint density at radius 1 is 1.06 bits per heavy atom. The Hall–Kier alpha value is -4.09. The average molecular weight is 489 g/mol. The predicted octanol–water partition coefficient (Wildman–Crippen LogP) is 2.61. The monoisotopic (exact) mass is 489 g/mol. The number of benzene rings is 2. The molecule has 0 bridgehead atoms. The molecule has 9 nitrogen and oxygen atoms in total. The maximum atomic E-state index is 13.3. The maximum absolute atomic E-state index is 13.3. The minimum atomic E-state index is -4.61. The molecule has 2 saturated heterocycles. The molecular formula is C23H22F3N5O4. The number of amides is 6. The molecule has 2 aliphatic rings. The van der Waals surface area contributed by atoms with Crippen LogP contribution in [0, 0.1) is 12.8 Å². The first-order valence-electron chi connectivity index (χ1n) is 10.7. The fraction of sp³-hybridized carbons (Fsp3) is 0.304. The molecule has 0 radical (unpaired) electrons. The number of nitrogens with two attached hydrogens (primary N) is 1. The number of hydrogen-bond donors (Lipinski definition) is 2. The number of nitrogens with zero attached hydrogens (tertiary/aromatic N) is 3. The van der Waals surface area contributed by atoms with E-state index in [0.717, 1.165) is 11.0 Å². The summed E-state index contributed by atoms with van der Waals surface area (Å²) in [5.74, 6) is -3.20. The first-order valence-corrected chi connectivity index (χ1v) is 10.7. The topological polar surface area (TPSA) is 116 Å². The first kappa shape index (κ1) is 24.0. The molecule has 0 aliphatic carbocycles. The lowest BCUT2D eigenvalue weighted by atomic mass is 9.99. The van der Waals surface area contributed by atoms with Crippen molar-refractivity contribution in [3.8, 4) is 0 Å². The van der Waals surface area contributed by atoms with Crippen LogP contribution in [0.2, 0.25) is 0 Å². The van der Waals surface area contributed by atoms with E-state index in [-0.39, 0.29) is 23.7 Å². The molecule has 0 saturated carbocycles. The Morgan fingerprint density at radius 2 is 1.69 bits per heavy atom. The van der Waals surface area contributed by atoms with Gasteiger partial charge in [-0.15, -0.1) is 0 Å². The number of rotatable bonds is 5. The van der Waals surface area contributed by atoms with E-state index < -0.39 is 42.0 Å². The molecule has 2 fully saturated rings. The Morgan fingerprint density at radius 3 is 2.23 bits per heavy atom. The zero-order chi connectivity index (χ0) is 25.5. The second-order valence-electron chi connectivity index (χ2n) is 8.26. The highest BCUT2D eigenvalue weighted by Crippen LogP contribution is 2.34. The summed E-state index contributed by atoms with van der Waals surface area (Å²) in [6, 6.07) is 8.79. The van der Waals surface area contributed by atoms with Gasteiger partial charge in [-0.2, -0.15) is 13.2 Å². The first-order chi connectivity index (χ1) is 16.5. The molecule has 1 atom stereocenters. The highest BCUT2D eigenvalue weighted by molar-refractivity contribution is 6.13. The van der Waals surface area contributed by atoms with Gasteiger partial charge in [-0.1, -0.05) is 12.1 Å². The van der Waals surface area contributed by atoms with Crippen molar-refractivity contribution in [3.05, 3.63) is 59.2 Å². The van der Waals surface area contributed by atoms with Gasteiger partial charge in [0.25, 0.3) is 0 Å². The molecule has 2 aromatic rings. The highest BCUT2D eigenvalue weighted by atomic mass is 19.4. The van der Waals surface area contributed by atoms with Crippen molar-refractivity contribution < 1.29 is 32.3 Å². The van der Waals surface area contributed by atoms with Gasteiger partial charge in [-0.25, -0.2) is 9.59 Å². The van der Waals surface area contributed by atoms with Crippen molar-refractivity contribution >= 4 is 35.3 Å². The molecular weight excluding hydrogens is 467 g/mol. The number of alkyl halides is 3. The number of halogens is 3. The molecule has 4 rings (SSSR count). The van der Waals surface area contributed by atoms with Crippen LogP contribution in [0.5, 0.6) is 0 Å². The van der Waals surface area contributed by atoms with Gasteiger partial charge in [0.05, 0.1) is 12.1 Å². The van der Waals surface area contributed by atoms with Crippen LogP contribution in [0.3, 0.4) is 0 Å². The van der Waals surface area contributed by atoms with Crippen LogP contribution in [-0.2, 0) is 22.3 Å². The molecule has 2 heterocycles. The third kappa shape index (κ3) is 4.51. The summed E-state index contributed by atoms with van der Waals surface area (Å²) in [6.45, 7) is 1.46. The molecule has 12 heteroatoms. The van der Waals surface area contributed by atoms with E-state index in [1.165, 1.54) is 28.9 Å². The van der Waals surface area contributed by atoms with Crippen LogP contribution in [0.15, 0.2) is 42.5 Å². The molecule has 0 spiro atoms. The summed E-state index contributed by atoms with van der Waals surface area (Å²) in [6.07, 6.45) is -4.61. The van der Waals surface area contributed by atoms with E-state index in [2.05, 4.69) is 5.32 Å². The van der Waals surface area contributed by atoms with Crippen molar-refractivity contribution in [1.29, 1.82) is 0 Å². The quantitative estimate of drug-likeness (QED) is 0.628. The van der Waals surface area contributed by atoms with Crippen molar-refractivity contribution in [3.63, 3.8) is 0 Å². The van der Waals surface area contributed by atoms with Crippen LogP contribution >= 0.6 is 0 Å². The molecule has 1 unspecified atom stereocenters. The van der Waals surface area contributed by atoms with Crippen molar-refractivity contribution in [1.82, 2.24) is 10.2 Å². The van der Waals surface area contributed by atoms with E-state index in [1.807, 2.05) is 0 Å². The number of carbonyl (C=O) groups is 4. The second kappa shape index (κ2) is 8.93. The third-order valence-corrected chi connectivity index (χ3v) is 6.14. The van der Waals surface area contributed by atoms with E-state index >= 15 is 0 Å². The molecule has 35 heavy (non-hydrogen) atoms. The van der Waals surface area contributed by atoms with E-state index in [0.29, 0.717) is 24.5 Å². The molecule has 184 valence electrons. The van der Waals surface area contributed by atoms with Gasteiger partial charge in [0, 0.05) is 31.0 Å². The van der Waals surface area contributed by atoms with Gasteiger partial charge in [0.15, 0.2) is 0 Å². The summed E-state index contributed by atoms with van der Waals surface area (Å²) in [7, 11) is 0. The van der Waals surface area contributed by atoms with Gasteiger partial charge < -0.3 is 11.1 Å². The number of imide groups is 1. The zero-order valence-electron chi connectivity index (χ0n) is 18.6. The summed E-state index contributed by atoms with van der Waals surface area (Å²) in [5.41, 5.74) is 5.45. The largest absolute Gasteiger partial charge is 0.416 e. The van der Waals surface area contributed by atoms with Crippen LogP contribution in [-0.4, -0.2) is 48.4 Å². The summed E-state index contributed by atoms with van der Waals surface area (Å²) in [5, 5.41) is 2.68. The van der Waals surface area contributed by atoms with Crippen molar-refractivity contribution in [2.24, 2.45) is 11.7 Å². The lowest BCUT2D eigenvalue weighted by Crippen LogP contribution is -2.59. The fourth-order valence-corrected chi connectivity index (χ4v) is 4.20. The molecule has 2 aromatic carbocycles. The van der Waals surface area contributed by atoms with Crippen LogP contribution in [0.25, 0.3) is 0 Å². The number of nitrogens with one attached hydrogen (secondary N) is 1. The average Bonchev–Trinajstić information content (AvgIpc) is 3.22. The van der Waals surface area contributed by atoms with Crippen LogP contribution in [0.4, 0.5) is 34.1 Å². The van der Waals surface area contributed by atoms with E-state index in [1.54, 1.807) is 24.3 Å². The summed E-state index contributed by atoms with van der Waals surface area (Å²) >= 11 is 0. The number of hydrogen-bond acceptors (Lipinski definition) is 4. The standard InChI is InChI=1S/C23H22F3N5O4/c1-13-14(3-2-4-18(13)23(24,25)26)11-31-20(33)17(19(27)32)12-30(22(31)35)16-7-5-15(6-8-16)29-10-9-28-21(29)34/h2-8,17H,9-12H2,1H3,(H2,27,32)(H,28,34). The minimum Gasteiger partial charge on any atom is -0.369 e. The highest BCUT2D eigenvalue weighted by Gasteiger charge is 2.43. The summed E-state index contributed by atoms with van der Waals surface area (Å²) < 4.78 is 40.0. The lowest BCUT2D eigenvalue weighted by Gasteiger charge is -2.37.